The molecule has 0 radical (unpaired) electrons. The Bertz CT molecular complexity index is 2460. The van der Waals surface area contributed by atoms with E-state index in [4.69, 9.17) is 0 Å². The minimum absolute atomic E-state index is 1.17. The molecule has 0 amide bonds. The normalized spacial score (nSPS) is 11.8. The first-order valence-corrected chi connectivity index (χ1v) is 14.5. The summed E-state index contributed by atoms with van der Waals surface area (Å²) >= 11 is 0. The Balaban J connectivity index is 1.41. The van der Waals surface area contributed by atoms with E-state index in [1.807, 2.05) is 0 Å². The molecule has 9 rings (SSSR count). The third-order valence-electron chi connectivity index (χ3n) is 8.69. The van der Waals surface area contributed by atoms with Crippen LogP contribution in [0.3, 0.4) is 0 Å². The summed E-state index contributed by atoms with van der Waals surface area (Å²) in [6.45, 7) is 0. The van der Waals surface area contributed by atoms with Gasteiger partial charge in [0.25, 0.3) is 0 Å². The molecule has 0 atom stereocenters. The molecule has 0 aliphatic heterocycles. The van der Waals surface area contributed by atoms with Crippen molar-refractivity contribution >= 4 is 54.4 Å². The van der Waals surface area contributed by atoms with Crippen LogP contribution in [0.15, 0.2) is 158 Å². The maximum atomic E-state index is 2.43. The lowest BCUT2D eigenvalue weighted by Crippen LogP contribution is -1.96. The van der Waals surface area contributed by atoms with Gasteiger partial charge in [0, 0.05) is 38.5 Å². The van der Waals surface area contributed by atoms with Crippen LogP contribution in [0.1, 0.15) is 0 Å². The van der Waals surface area contributed by atoms with E-state index < -0.39 is 0 Å². The summed E-state index contributed by atoms with van der Waals surface area (Å²) in [4.78, 5) is 0. The second-order valence-corrected chi connectivity index (χ2v) is 11.0. The van der Waals surface area contributed by atoms with Gasteiger partial charge in [-0.15, -0.1) is 0 Å². The summed E-state index contributed by atoms with van der Waals surface area (Å²) in [5.74, 6) is 0. The molecule has 0 spiro atoms. The standard InChI is InChI=1S/C40H26N2/c1-2-14-29(15-3-1)42-36-21-8-6-16-31(36)33-19-10-20-34(40(33)42)32-18-11-23-38-39(32)35-17-7-9-22-37(35)41(38)30-25-24-27-12-4-5-13-28(27)26-30/h1-26H. The van der Waals surface area contributed by atoms with Crippen LogP contribution in [0.4, 0.5) is 0 Å². The summed E-state index contributed by atoms with van der Waals surface area (Å²) in [6.07, 6.45) is 0. The monoisotopic (exact) mass is 534 g/mol. The van der Waals surface area contributed by atoms with Crippen LogP contribution in [0.5, 0.6) is 0 Å². The highest BCUT2D eigenvalue weighted by atomic mass is 15.0. The third kappa shape index (κ3) is 3.27. The molecule has 0 saturated heterocycles. The largest absolute Gasteiger partial charge is 0.309 e. The molecule has 2 heterocycles. The van der Waals surface area contributed by atoms with Crippen molar-refractivity contribution in [2.45, 2.75) is 0 Å². The molecule has 0 N–H and O–H groups in total. The van der Waals surface area contributed by atoms with Gasteiger partial charge in [-0.2, -0.15) is 0 Å². The number of benzene rings is 7. The molecule has 7 aromatic carbocycles. The van der Waals surface area contributed by atoms with Gasteiger partial charge in [0.05, 0.1) is 22.1 Å². The van der Waals surface area contributed by atoms with E-state index in [0.717, 1.165) is 0 Å². The van der Waals surface area contributed by atoms with Crippen molar-refractivity contribution in [1.82, 2.24) is 9.13 Å². The van der Waals surface area contributed by atoms with Crippen LogP contribution in [0, 0.1) is 0 Å². The van der Waals surface area contributed by atoms with E-state index in [9.17, 15) is 0 Å². The zero-order valence-corrected chi connectivity index (χ0v) is 22.9. The summed E-state index contributed by atoms with van der Waals surface area (Å²) in [5, 5.41) is 7.57. The van der Waals surface area contributed by atoms with Crippen LogP contribution in [-0.4, -0.2) is 9.13 Å². The van der Waals surface area contributed by atoms with Gasteiger partial charge in [-0.05, 0) is 58.8 Å². The topological polar surface area (TPSA) is 9.86 Å². The zero-order chi connectivity index (χ0) is 27.6. The fourth-order valence-electron chi connectivity index (χ4n) is 6.92. The molecule has 0 bridgehead atoms. The van der Waals surface area contributed by atoms with Crippen molar-refractivity contribution in [3.8, 4) is 22.5 Å². The molecular formula is C40H26N2. The van der Waals surface area contributed by atoms with Crippen molar-refractivity contribution in [2.24, 2.45) is 0 Å². The Hall–Kier alpha value is -5.60. The highest BCUT2D eigenvalue weighted by molar-refractivity contribution is 6.20. The van der Waals surface area contributed by atoms with E-state index in [2.05, 4.69) is 167 Å². The maximum Gasteiger partial charge on any atom is 0.0619 e. The molecule has 2 aromatic heterocycles. The van der Waals surface area contributed by atoms with Gasteiger partial charge in [0.15, 0.2) is 0 Å². The summed E-state index contributed by atoms with van der Waals surface area (Å²) in [5.41, 5.74) is 9.70. The number of para-hydroxylation sites is 4. The van der Waals surface area contributed by atoms with Gasteiger partial charge in [-0.1, -0.05) is 115 Å². The Kier molecular flexibility index (Phi) is 4.93. The van der Waals surface area contributed by atoms with Crippen molar-refractivity contribution < 1.29 is 0 Å². The number of hydrogen-bond donors (Lipinski definition) is 0. The molecule has 9 aromatic rings. The minimum atomic E-state index is 1.17. The lowest BCUT2D eigenvalue weighted by atomic mass is 9.97. The molecule has 0 aliphatic rings. The third-order valence-corrected chi connectivity index (χ3v) is 8.69. The molecular weight excluding hydrogens is 508 g/mol. The molecule has 0 unspecified atom stereocenters. The number of nitrogens with zero attached hydrogens (tertiary/aromatic N) is 2. The molecule has 2 heteroatoms. The average molecular weight is 535 g/mol. The van der Waals surface area contributed by atoms with Crippen LogP contribution in [-0.2, 0) is 0 Å². The summed E-state index contributed by atoms with van der Waals surface area (Å²) in [7, 11) is 0. The van der Waals surface area contributed by atoms with Gasteiger partial charge in [-0.25, -0.2) is 0 Å². The van der Waals surface area contributed by atoms with E-state index >= 15 is 0 Å². The fraction of sp³-hybridized carbons (Fsp3) is 0. The van der Waals surface area contributed by atoms with E-state index in [1.54, 1.807) is 0 Å². The number of hydrogen-bond acceptors (Lipinski definition) is 0. The van der Waals surface area contributed by atoms with Gasteiger partial charge in [-0.3, -0.25) is 0 Å². The number of rotatable bonds is 3. The van der Waals surface area contributed by atoms with Crippen molar-refractivity contribution in [2.75, 3.05) is 0 Å². The van der Waals surface area contributed by atoms with Crippen LogP contribution in [0.2, 0.25) is 0 Å². The summed E-state index contributed by atoms with van der Waals surface area (Å²) in [6, 6.07) is 57.2. The quantitative estimate of drug-likeness (QED) is 0.213. The van der Waals surface area contributed by atoms with Crippen molar-refractivity contribution in [1.29, 1.82) is 0 Å². The zero-order valence-electron chi connectivity index (χ0n) is 22.9. The number of aromatic nitrogens is 2. The Labute approximate surface area is 243 Å². The fourth-order valence-corrected chi connectivity index (χ4v) is 6.92. The van der Waals surface area contributed by atoms with Crippen LogP contribution >= 0.6 is 0 Å². The van der Waals surface area contributed by atoms with Gasteiger partial charge >= 0.3 is 0 Å². The van der Waals surface area contributed by atoms with Gasteiger partial charge in [0.1, 0.15) is 0 Å². The van der Waals surface area contributed by atoms with Gasteiger partial charge in [0.2, 0.25) is 0 Å². The predicted octanol–water partition coefficient (Wildman–Crippen LogP) is 10.7. The van der Waals surface area contributed by atoms with E-state index in [1.165, 1.54) is 76.9 Å². The second kappa shape index (κ2) is 8.95. The highest BCUT2D eigenvalue weighted by Crippen LogP contribution is 2.43. The Morgan fingerprint density at radius 3 is 1.81 bits per heavy atom. The second-order valence-electron chi connectivity index (χ2n) is 11.0. The highest BCUT2D eigenvalue weighted by Gasteiger charge is 2.20. The van der Waals surface area contributed by atoms with Gasteiger partial charge < -0.3 is 9.13 Å². The predicted molar refractivity (Wildman–Crippen MR) is 178 cm³/mol. The molecule has 196 valence electrons. The van der Waals surface area contributed by atoms with E-state index in [-0.39, 0.29) is 0 Å². The Morgan fingerprint density at radius 2 is 0.952 bits per heavy atom. The first-order valence-electron chi connectivity index (χ1n) is 14.5. The maximum absolute atomic E-state index is 2.43. The average Bonchev–Trinajstić information content (AvgIpc) is 3.58. The SMILES string of the molecule is c1ccc(-n2c3ccccc3c3cccc(-c4cccc5c4c4ccccc4n5-c4ccc5ccccc5c4)c32)cc1. The van der Waals surface area contributed by atoms with Crippen LogP contribution < -0.4 is 0 Å². The molecule has 42 heavy (non-hydrogen) atoms. The van der Waals surface area contributed by atoms with E-state index in [0.29, 0.717) is 0 Å². The lowest BCUT2D eigenvalue weighted by molar-refractivity contribution is 1.18. The first kappa shape index (κ1) is 23.1. The molecule has 2 nitrogen and oxygen atoms in total. The van der Waals surface area contributed by atoms with Crippen molar-refractivity contribution in [3.05, 3.63) is 158 Å². The molecule has 0 saturated carbocycles. The van der Waals surface area contributed by atoms with Crippen molar-refractivity contribution in [3.63, 3.8) is 0 Å². The minimum Gasteiger partial charge on any atom is -0.309 e. The molecule has 0 aliphatic carbocycles. The first-order chi connectivity index (χ1) is 20.9. The van der Waals surface area contributed by atoms with Crippen LogP contribution in [0.25, 0.3) is 76.9 Å². The summed E-state index contributed by atoms with van der Waals surface area (Å²) < 4.78 is 4.86. The lowest BCUT2D eigenvalue weighted by Gasteiger charge is -2.13. The molecule has 0 fully saturated rings. The number of fused-ring (bicyclic) bond motifs is 7. The Morgan fingerprint density at radius 1 is 0.333 bits per heavy atom. The smallest absolute Gasteiger partial charge is 0.0619 e.